The Kier molecular flexibility index (Phi) is 12.0. The van der Waals surface area contributed by atoms with Gasteiger partial charge in [0, 0.05) is 0 Å². The van der Waals surface area contributed by atoms with E-state index in [0.29, 0.717) is 5.76 Å². The Labute approximate surface area is 152 Å². The summed E-state index contributed by atoms with van der Waals surface area (Å²) in [6, 6.07) is 0. The van der Waals surface area contributed by atoms with Crippen LogP contribution in [0.15, 0.2) is 60.1 Å². The van der Waals surface area contributed by atoms with E-state index < -0.39 is 5.97 Å². The summed E-state index contributed by atoms with van der Waals surface area (Å²) in [5.74, 6) is -0.540. The molecule has 1 aliphatic heterocycles. The van der Waals surface area contributed by atoms with E-state index in [9.17, 15) is 4.79 Å². The van der Waals surface area contributed by atoms with E-state index in [0.717, 1.165) is 6.42 Å². The number of carbonyl (C=O) groups is 1. The van der Waals surface area contributed by atoms with Crippen LogP contribution in [-0.2, 0) is 9.53 Å². The molecule has 0 amide bonds. The van der Waals surface area contributed by atoms with Gasteiger partial charge in [-0.05, 0) is 18.9 Å². The van der Waals surface area contributed by atoms with Crippen LogP contribution in [0, 0.1) is 0 Å². The Morgan fingerprint density at radius 1 is 0.840 bits per heavy atom. The number of aliphatic carboxylic acids is 1. The minimum absolute atomic E-state index is 0.0413. The molecule has 0 saturated carbocycles. The fourth-order valence-corrected chi connectivity index (χ4v) is 2.49. The summed E-state index contributed by atoms with van der Waals surface area (Å²) in [6.45, 7) is 2.26. The number of ether oxygens (including phenoxy) is 1. The van der Waals surface area contributed by atoms with E-state index in [1.54, 1.807) is 12.2 Å². The third-order valence-electron chi connectivity index (χ3n) is 4.00. The van der Waals surface area contributed by atoms with Crippen molar-refractivity contribution in [3.63, 3.8) is 0 Å². The molecular formula is C22H32O3. The highest BCUT2D eigenvalue weighted by atomic mass is 16.6. The quantitative estimate of drug-likeness (QED) is 0.274. The largest absolute Gasteiger partial charge is 0.475 e. The Morgan fingerprint density at radius 2 is 1.40 bits per heavy atom. The molecule has 0 atom stereocenters. The molecule has 1 aliphatic rings. The molecule has 0 aliphatic carbocycles. The zero-order valence-electron chi connectivity index (χ0n) is 15.5. The van der Waals surface area contributed by atoms with Gasteiger partial charge in [0.05, 0.1) is 0 Å². The smallest absolute Gasteiger partial charge is 0.375 e. The van der Waals surface area contributed by atoms with Gasteiger partial charge in [0.25, 0.3) is 5.76 Å². The van der Waals surface area contributed by atoms with Crippen molar-refractivity contribution in [2.24, 2.45) is 0 Å². The van der Waals surface area contributed by atoms with Gasteiger partial charge in [-0.2, -0.15) is 0 Å². The molecule has 138 valence electrons. The first kappa shape index (κ1) is 21.0. The molecule has 3 nitrogen and oxygen atoms in total. The van der Waals surface area contributed by atoms with E-state index in [1.807, 2.05) is 24.3 Å². The predicted octanol–water partition coefficient (Wildman–Crippen LogP) is 6.46. The number of carboxylic acids is 1. The van der Waals surface area contributed by atoms with Crippen LogP contribution in [0.5, 0.6) is 0 Å². The monoisotopic (exact) mass is 344 g/mol. The van der Waals surface area contributed by atoms with Crippen molar-refractivity contribution in [1.82, 2.24) is 0 Å². The molecule has 3 heteroatoms. The summed E-state index contributed by atoms with van der Waals surface area (Å²) < 4.78 is 4.79. The summed E-state index contributed by atoms with van der Waals surface area (Å²) in [7, 11) is 0. The maximum Gasteiger partial charge on any atom is 0.375 e. The van der Waals surface area contributed by atoms with Crippen molar-refractivity contribution in [2.75, 3.05) is 0 Å². The summed E-state index contributed by atoms with van der Waals surface area (Å²) in [5.41, 5.74) is 0. The molecule has 0 aromatic carbocycles. The van der Waals surface area contributed by atoms with Crippen molar-refractivity contribution in [3.05, 3.63) is 60.1 Å². The van der Waals surface area contributed by atoms with Gasteiger partial charge in [0.15, 0.2) is 5.76 Å². The first-order valence-electron chi connectivity index (χ1n) is 9.57. The van der Waals surface area contributed by atoms with Crippen LogP contribution in [0.3, 0.4) is 0 Å². The summed E-state index contributed by atoms with van der Waals surface area (Å²) in [5, 5.41) is 8.61. The second-order valence-corrected chi connectivity index (χ2v) is 6.27. The minimum Gasteiger partial charge on any atom is -0.475 e. The molecule has 1 N–H and O–H groups in total. The maximum atomic E-state index is 10.5. The SMILES string of the molecule is CCCCCCCCCCCC=CC=CC=CC=CC1=C(C(=O)O)O1. The van der Waals surface area contributed by atoms with Crippen LogP contribution in [0.4, 0.5) is 0 Å². The van der Waals surface area contributed by atoms with Crippen molar-refractivity contribution in [3.8, 4) is 0 Å². The Morgan fingerprint density at radius 3 is 2.00 bits per heavy atom. The molecule has 0 spiro atoms. The van der Waals surface area contributed by atoms with Gasteiger partial charge in [-0.3, -0.25) is 0 Å². The molecule has 1 heterocycles. The average molecular weight is 344 g/mol. The van der Waals surface area contributed by atoms with E-state index >= 15 is 0 Å². The van der Waals surface area contributed by atoms with Gasteiger partial charge in [-0.25, -0.2) is 4.79 Å². The second kappa shape index (κ2) is 14.3. The molecule has 0 aromatic heterocycles. The first-order chi connectivity index (χ1) is 12.3. The lowest BCUT2D eigenvalue weighted by Crippen LogP contribution is -1.88. The molecule has 0 aromatic rings. The molecular weight excluding hydrogens is 312 g/mol. The van der Waals surface area contributed by atoms with Crippen molar-refractivity contribution in [2.45, 2.75) is 71.1 Å². The fourth-order valence-electron chi connectivity index (χ4n) is 2.49. The first-order valence-corrected chi connectivity index (χ1v) is 9.57. The second-order valence-electron chi connectivity index (χ2n) is 6.27. The fraction of sp³-hybridized carbons (Fsp3) is 0.500. The van der Waals surface area contributed by atoms with Gasteiger partial charge in [-0.15, -0.1) is 0 Å². The Balaban J connectivity index is 1.92. The van der Waals surface area contributed by atoms with E-state index in [1.165, 1.54) is 57.8 Å². The van der Waals surface area contributed by atoms with Crippen molar-refractivity contribution in [1.29, 1.82) is 0 Å². The van der Waals surface area contributed by atoms with Crippen molar-refractivity contribution < 1.29 is 14.6 Å². The lowest BCUT2D eigenvalue weighted by atomic mass is 10.1. The molecule has 0 bridgehead atoms. The normalized spacial score (nSPS) is 14.4. The lowest BCUT2D eigenvalue weighted by molar-refractivity contribution is -0.133. The molecule has 1 rings (SSSR count). The average Bonchev–Trinajstić information content (AvgIpc) is 3.37. The number of allylic oxidation sites excluding steroid dienone is 8. The Bertz CT molecular complexity index is 521. The zero-order chi connectivity index (χ0) is 18.2. The standard InChI is InChI=1S/C22H32O3/c1-2-3-4-5-6-7-8-9-10-11-12-13-14-15-16-17-18-19-20-21(25-20)22(23)24/h12-19H,2-11H2,1H3,(H,23,24). The van der Waals surface area contributed by atoms with Crippen LogP contribution in [0.2, 0.25) is 0 Å². The maximum absolute atomic E-state index is 10.5. The predicted molar refractivity (Wildman–Crippen MR) is 104 cm³/mol. The molecule has 0 radical (unpaired) electrons. The summed E-state index contributed by atoms with van der Waals surface area (Å²) in [4.78, 5) is 10.5. The number of hydrogen-bond donors (Lipinski definition) is 1. The van der Waals surface area contributed by atoms with Crippen LogP contribution >= 0.6 is 0 Å². The topological polar surface area (TPSA) is 49.8 Å². The zero-order valence-corrected chi connectivity index (χ0v) is 15.5. The third kappa shape index (κ3) is 12.0. The summed E-state index contributed by atoms with van der Waals surface area (Å²) in [6.07, 6.45) is 28.9. The van der Waals surface area contributed by atoms with Crippen LogP contribution in [0.25, 0.3) is 0 Å². The highest BCUT2D eigenvalue weighted by molar-refractivity contribution is 5.89. The van der Waals surface area contributed by atoms with Gasteiger partial charge in [0.2, 0.25) is 0 Å². The minimum atomic E-state index is -1.01. The van der Waals surface area contributed by atoms with Gasteiger partial charge in [-0.1, -0.05) is 101 Å². The lowest BCUT2D eigenvalue weighted by Gasteiger charge is -2.00. The van der Waals surface area contributed by atoms with Gasteiger partial charge < -0.3 is 9.84 Å². The Hall–Kier alpha value is -2.03. The van der Waals surface area contributed by atoms with E-state index in [-0.39, 0.29) is 5.76 Å². The van der Waals surface area contributed by atoms with Gasteiger partial charge in [0.1, 0.15) is 0 Å². The number of unbranched alkanes of at least 4 members (excludes halogenated alkanes) is 9. The van der Waals surface area contributed by atoms with Gasteiger partial charge >= 0.3 is 5.97 Å². The summed E-state index contributed by atoms with van der Waals surface area (Å²) >= 11 is 0. The molecule has 25 heavy (non-hydrogen) atoms. The molecule has 0 unspecified atom stereocenters. The van der Waals surface area contributed by atoms with E-state index in [4.69, 9.17) is 9.84 Å². The van der Waals surface area contributed by atoms with Crippen molar-refractivity contribution >= 4 is 5.97 Å². The highest BCUT2D eigenvalue weighted by Crippen LogP contribution is 2.26. The van der Waals surface area contributed by atoms with Crippen LogP contribution < -0.4 is 0 Å². The number of hydrogen-bond acceptors (Lipinski definition) is 2. The number of rotatable bonds is 15. The number of carboxylic acid groups (broad SMARTS) is 1. The highest BCUT2D eigenvalue weighted by Gasteiger charge is 2.29. The van der Waals surface area contributed by atoms with E-state index in [2.05, 4.69) is 19.1 Å². The molecule has 0 saturated heterocycles. The van der Waals surface area contributed by atoms with Crippen LogP contribution in [-0.4, -0.2) is 11.1 Å². The third-order valence-corrected chi connectivity index (χ3v) is 4.00. The van der Waals surface area contributed by atoms with Crippen LogP contribution in [0.1, 0.15) is 71.1 Å². The molecule has 0 fully saturated rings.